The summed E-state index contributed by atoms with van der Waals surface area (Å²) in [6, 6.07) is 1.74. The molecule has 0 aliphatic carbocycles. The summed E-state index contributed by atoms with van der Waals surface area (Å²) in [7, 11) is 0. The fourth-order valence-electron chi connectivity index (χ4n) is 1.39. The molecule has 0 aliphatic rings. The summed E-state index contributed by atoms with van der Waals surface area (Å²) in [4.78, 5) is 25.7. The molecule has 2 N–H and O–H groups in total. The number of amides is 1. The van der Waals surface area contributed by atoms with Gasteiger partial charge in [0.2, 0.25) is 5.91 Å². The van der Waals surface area contributed by atoms with E-state index in [4.69, 9.17) is 5.11 Å². The van der Waals surface area contributed by atoms with Gasteiger partial charge in [0, 0.05) is 30.9 Å². The SMILES string of the molecule is Cc1cnccc1NC(=O)CCCCC(=O)O. The van der Waals surface area contributed by atoms with Crippen molar-refractivity contribution < 1.29 is 14.7 Å². The molecule has 1 aromatic rings. The van der Waals surface area contributed by atoms with Gasteiger partial charge in [0.25, 0.3) is 0 Å². The van der Waals surface area contributed by atoms with Crippen molar-refractivity contribution in [1.29, 1.82) is 0 Å². The molecule has 0 bridgehead atoms. The fourth-order valence-corrected chi connectivity index (χ4v) is 1.39. The zero-order valence-electron chi connectivity index (χ0n) is 9.77. The van der Waals surface area contributed by atoms with E-state index in [9.17, 15) is 9.59 Å². The maximum atomic E-state index is 11.5. The van der Waals surface area contributed by atoms with Gasteiger partial charge < -0.3 is 10.4 Å². The zero-order chi connectivity index (χ0) is 12.7. The molecular weight excluding hydrogens is 220 g/mol. The van der Waals surface area contributed by atoms with Crippen LogP contribution < -0.4 is 5.32 Å². The van der Waals surface area contributed by atoms with Gasteiger partial charge in [-0.2, -0.15) is 0 Å². The van der Waals surface area contributed by atoms with E-state index in [-0.39, 0.29) is 12.3 Å². The summed E-state index contributed by atoms with van der Waals surface area (Å²) in [6.45, 7) is 1.87. The Morgan fingerprint density at radius 2 is 2.06 bits per heavy atom. The van der Waals surface area contributed by atoms with Crippen LogP contribution in [0, 0.1) is 6.92 Å². The number of anilines is 1. The lowest BCUT2D eigenvalue weighted by molar-refractivity contribution is -0.137. The van der Waals surface area contributed by atoms with E-state index < -0.39 is 5.97 Å². The Bertz CT molecular complexity index is 404. The quantitative estimate of drug-likeness (QED) is 0.740. The third-order valence-electron chi connectivity index (χ3n) is 2.34. The Hall–Kier alpha value is -1.91. The number of aliphatic carboxylic acids is 1. The average Bonchev–Trinajstić information content (AvgIpc) is 2.27. The van der Waals surface area contributed by atoms with E-state index in [0.29, 0.717) is 19.3 Å². The van der Waals surface area contributed by atoms with Crippen LogP contribution >= 0.6 is 0 Å². The Morgan fingerprint density at radius 1 is 1.35 bits per heavy atom. The van der Waals surface area contributed by atoms with Gasteiger partial charge in [0.15, 0.2) is 0 Å². The normalized spacial score (nSPS) is 9.94. The molecule has 5 heteroatoms. The van der Waals surface area contributed by atoms with Gasteiger partial charge in [-0.1, -0.05) is 0 Å². The number of aryl methyl sites for hydroxylation is 1. The number of aromatic nitrogens is 1. The summed E-state index contributed by atoms with van der Waals surface area (Å²) in [6.07, 6.45) is 4.87. The maximum absolute atomic E-state index is 11.5. The van der Waals surface area contributed by atoms with Crippen LogP contribution in [0.5, 0.6) is 0 Å². The van der Waals surface area contributed by atoms with Crippen molar-refractivity contribution in [3.8, 4) is 0 Å². The topological polar surface area (TPSA) is 79.3 Å². The minimum Gasteiger partial charge on any atom is -0.481 e. The number of unbranched alkanes of at least 4 members (excludes halogenated alkanes) is 1. The molecule has 1 heterocycles. The largest absolute Gasteiger partial charge is 0.481 e. The molecule has 17 heavy (non-hydrogen) atoms. The summed E-state index contributed by atoms with van der Waals surface area (Å²) in [5, 5.41) is 11.2. The first kappa shape index (κ1) is 13.2. The van der Waals surface area contributed by atoms with Crippen LogP contribution in [0.1, 0.15) is 31.2 Å². The Morgan fingerprint density at radius 3 is 2.71 bits per heavy atom. The lowest BCUT2D eigenvalue weighted by Crippen LogP contribution is -2.12. The second-order valence-electron chi connectivity index (χ2n) is 3.84. The van der Waals surface area contributed by atoms with Crippen molar-refractivity contribution in [1.82, 2.24) is 4.98 Å². The van der Waals surface area contributed by atoms with E-state index in [0.717, 1.165) is 11.3 Å². The highest BCUT2D eigenvalue weighted by Crippen LogP contribution is 2.12. The predicted molar refractivity (Wildman–Crippen MR) is 63.7 cm³/mol. The van der Waals surface area contributed by atoms with E-state index in [1.165, 1.54) is 0 Å². The molecule has 5 nitrogen and oxygen atoms in total. The van der Waals surface area contributed by atoms with Gasteiger partial charge in [-0.25, -0.2) is 0 Å². The van der Waals surface area contributed by atoms with E-state index in [1.54, 1.807) is 18.5 Å². The highest BCUT2D eigenvalue weighted by molar-refractivity contribution is 5.91. The van der Waals surface area contributed by atoms with Crippen LogP contribution in [0.4, 0.5) is 5.69 Å². The average molecular weight is 236 g/mol. The summed E-state index contributed by atoms with van der Waals surface area (Å²) >= 11 is 0. The third-order valence-corrected chi connectivity index (χ3v) is 2.34. The summed E-state index contributed by atoms with van der Waals surface area (Å²) in [5.41, 5.74) is 1.66. The highest BCUT2D eigenvalue weighted by atomic mass is 16.4. The molecule has 0 aromatic carbocycles. The zero-order valence-corrected chi connectivity index (χ0v) is 9.77. The van der Waals surface area contributed by atoms with Crippen molar-refractivity contribution >= 4 is 17.6 Å². The number of nitrogens with one attached hydrogen (secondary N) is 1. The van der Waals surface area contributed by atoms with Gasteiger partial charge in [-0.3, -0.25) is 14.6 Å². The standard InChI is InChI=1S/C12H16N2O3/c1-9-8-13-7-6-10(9)14-11(15)4-2-3-5-12(16)17/h6-8H,2-5H2,1H3,(H,16,17)(H,13,14,15). The molecule has 0 saturated carbocycles. The van der Waals surface area contributed by atoms with Gasteiger partial charge >= 0.3 is 5.97 Å². The molecule has 1 rings (SSSR count). The first-order valence-corrected chi connectivity index (χ1v) is 5.52. The number of carbonyl (C=O) groups is 2. The lowest BCUT2D eigenvalue weighted by atomic mass is 10.2. The van der Waals surface area contributed by atoms with Crippen molar-refractivity contribution in [3.63, 3.8) is 0 Å². The van der Waals surface area contributed by atoms with Gasteiger partial charge in [-0.05, 0) is 31.4 Å². The highest BCUT2D eigenvalue weighted by Gasteiger charge is 2.05. The smallest absolute Gasteiger partial charge is 0.303 e. The van der Waals surface area contributed by atoms with Crippen LogP contribution in [0.3, 0.4) is 0 Å². The number of rotatable bonds is 6. The first-order chi connectivity index (χ1) is 8.09. The van der Waals surface area contributed by atoms with Crippen molar-refractivity contribution in [2.45, 2.75) is 32.6 Å². The number of nitrogens with zero attached hydrogens (tertiary/aromatic N) is 1. The van der Waals surface area contributed by atoms with Gasteiger partial charge in [0.05, 0.1) is 0 Å². The minimum atomic E-state index is -0.824. The van der Waals surface area contributed by atoms with Crippen molar-refractivity contribution in [2.75, 3.05) is 5.32 Å². The van der Waals surface area contributed by atoms with E-state index in [1.807, 2.05) is 6.92 Å². The molecule has 0 aliphatic heterocycles. The van der Waals surface area contributed by atoms with Crippen LogP contribution in [-0.4, -0.2) is 22.0 Å². The van der Waals surface area contributed by atoms with Crippen molar-refractivity contribution in [3.05, 3.63) is 24.0 Å². The second-order valence-corrected chi connectivity index (χ2v) is 3.84. The Labute approximate surface area is 99.9 Å². The lowest BCUT2D eigenvalue weighted by Gasteiger charge is -2.07. The molecule has 0 unspecified atom stereocenters. The van der Waals surface area contributed by atoms with Crippen molar-refractivity contribution in [2.24, 2.45) is 0 Å². The van der Waals surface area contributed by atoms with E-state index >= 15 is 0 Å². The Kier molecular flexibility index (Phi) is 5.13. The van der Waals surface area contributed by atoms with Crippen LogP contribution in [0.15, 0.2) is 18.5 Å². The molecule has 1 amide bonds. The van der Waals surface area contributed by atoms with Gasteiger partial charge in [0.1, 0.15) is 0 Å². The van der Waals surface area contributed by atoms with Gasteiger partial charge in [-0.15, -0.1) is 0 Å². The number of pyridine rings is 1. The van der Waals surface area contributed by atoms with Crippen LogP contribution in [0.2, 0.25) is 0 Å². The minimum absolute atomic E-state index is 0.0929. The number of carboxylic acids is 1. The third kappa shape index (κ3) is 5.10. The molecule has 1 aromatic heterocycles. The summed E-state index contributed by atoms with van der Waals surface area (Å²) in [5.74, 6) is -0.917. The maximum Gasteiger partial charge on any atom is 0.303 e. The molecular formula is C12H16N2O3. The van der Waals surface area contributed by atoms with Crippen LogP contribution in [-0.2, 0) is 9.59 Å². The monoisotopic (exact) mass is 236 g/mol. The molecule has 0 spiro atoms. The molecule has 92 valence electrons. The molecule has 0 atom stereocenters. The Balaban J connectivity index is 2.30. The number of carboxylic acid groups (broad SMARTS) is 1. The van der Waals surface area contributed by atoms with E-state index in [2.05, 4.69) is 10.3 Å². The second kappa shape index (κ2) is 6.62. The number of carbonyl (C=O) groups excluding carboxylic acids is 1. The predicted octanol–water partition coefficient (Wildman–Crippen LogP) is 1.97. The van der Waals surface area contributed by atoms with Crippen LogP contribution in [0.25, 0.3) is 0 Å². The molecule has 0 fully saturated rings. The fraction of sp³-hybridized carbons (Fsp3) is 0.417. The number of hydrogen-bond donors (Lipinski definition) is 2. The summed E-state index contributed by atoms with van der Waals surface area (Å²) < 4.78 is 0. The molecule has 0 saturated heterocycles. The first-order valence-electron chi connectivity index (χ1n) is 5.52. The number of hydrogen-bond acceptors (Lipinski definition) is 3. The molecule has 0 radical (unpaired) electrons.